The van der Waals surface area contributed by atoms with Crippen LogP contribution in [-0.4, -0.2) is 37.4 Å². The first-order valence-electron chi connectivity index (χ1n) is 6.36. The van der Waals surface area contributed by atoms with Crippen LogP contribution >= 0.6 is 0 Å². The van der Waals surface area contributed by atoms with Gasteiger partial charge in [-0.15, -0.1) is 0 Å². The van der Waals surface area contributed by atoms with E-state index in [2.05, 4.69) is 0 Å². The zero-order valence-corrected chi connectivity index (χ0v) is 11.1. The molecule has 0 bridgehead atoms. The van der Waals surface area contributed by atoms with E-state index >= 15 is 0 Å². The van der Waals surface area contributed by atoms with Crippen LogP contribution in [0.25, 0.3) is 0 Å². The summed E-state index contributed by atoms with van der Waals surface area (Å²) in [5.74, 6) is -3.12. The van der Waals surface area contributed by atoms with Gasteiger partial charge >= 0.3 is 0 Å². The van der Waals surface area contributed by atoms with Gasteiger partial charge in [0, 0.05) is 5.56 Å². The third kappa shape index (κ3) is 1.91. The summed E-state index contributed by atoms with van der Waals surface area (Å²) in [6, 6.07) is 6.32. The Balaban J connectivity index is 2.14. The van der Waals surface area contributed by atoms with Crippen LogP contribution in [0.2, 0.25) is 0 Å². The Labute approximate surface area is 124 Å². The largest absolute Gasteiger partial charge is 0.504 e. The van der Waals surface area contributed by atoms with Gasteiger partial charge in [-0.25, -0.2) is 0 Å². The van der Waals surface area contributed by atoms with Crippen molar-refractivity contribution in [3.05, 3.63) is 41.5 Å². The number of carbonyl (C=O) groups is 1. The fraction of sp³-hybridized carbons (Fsp3) is 0.133. The number of aliphatic hydroxyl groups is 1. The number of hydrogen-bond donors (Lipinski definition) is 5. The first-order chi connectivity index (χ1) is 10.4. The predicted octanol–water partition coefficient (Wildman–Crippen LogP) is 1.19. The third-order valence-electron chi connectivity index (χ3n) is 3.53. The van der Waals surface area contributed by atoms with Gasteiger partial charge in [0.1, 0.15) is 0 Å². The second-order valence-corrected chi connectivity index (χ2v) is 4.87. The Hall–Kier alpha value is -2.93. The summed E-state index contributed by atoms with van der Waals surface area (Å²) in [5.41, 5.74) is -0.104. The van der Waals surface area contributed by atoms with Gasteiger partial charge in [-0.05, 0) is 18.2 Å². The molecule has 0 spiro atoms. The molecule has 0 radical (unpaired) electrons. The van der Waals surface area contributed by atoms with E-state index in [1.807, 2.05) is 0 Å². The fourth-order valence-electron chi connectivity index (χ4n) is 2.37. The Kier molecular flexibility index (Phi) is 3.07. The molecular weight excluding hydrogens is 292 g/mol. The average molecular weight is 304 g/mol. The minimum atomic E-state index is -1.64. The molecule has 0 fully saturated rings. The molecule has 2 atom stereocenters. The van der Waals surface area contributed by atoms with Gasteiger partial charge in [0.05, 0.1) is 5.56 Å². The van der Waals surface area contributed by atoms with Crippen LogP contribution in [0.5, 0.6) is 28.7 Å². The molecule has 5 N–H and O–H groups in total. The van der Waals surface area contributed by atoms with E-state index in [0.29, 0.717) is 0 Å². The van der Waals surface area contributed by atoms with Gasteiger partial charge in [-0.2, -0.15) is 0 Å². The Morgan fingerprint density at radius 3 is 2.32 bits per heavy atom. The van der Waals surface area contributed by atoms with Crippen molar-refractivity contribution < 1.29 is 35.1 Å². The maximum absolute atomic E-state index is 12.2. The number of benzene rings is 2. The molecule has 0 aromatic heterocycles. The molecule has 0 amide bonds. The van der Waals surface area contributed by atoms with Crippen molar-refractivity contribution in [1.29, 1.82) is 0 Å². The highest BCUT2D eigenvalue weighted by Gasteiger charge is 2.40. The maximum Gasteiger partial charge on any atom is 0.201 e. The summed E-state index contributed by atoms with van der Waals surface area (Å²) in [7, 11) is 0. The van der Waals surface area contributed by atoms with E-state index in [1.54, 1.807) is 0 Å². The minimum absolute atomic E-state index is 0.0192. The Morgan fingerprint density at radius 2 is 1.59 bits per heavy atom. The Bertz CT molecular complexity index is 769. The van der Waals surface area contributed by atoms with Crippen LogP contribution in [0.15, 0.2) is 30.3 Å². The van der Waals surface area contributed by atoms with Crippen LogP contribution < -0.4 is 4.74 Å². The SMILES string of the molecule is O=C1c2ccc(O)c(O)c2O[C@H](c2cccc(O)c2O)[C@H]1O. The number of phenolic OH excluding ortho intramolecular Hbond substituents is 4. The number of ketones is 1. The van der Waals surface area contributed by atoms with Crippen LogP contribution in [0.4, 0.5) is 0 Å². The summed E-state index contributed by atoms with van der Waals surface area (Å²) in [6.07, 6.45) is -2.97. The van der Waals surface area contributed by atoms with Gasteiger partial charge < -0.3 is 30.3 Å². The number of Topliss-reactive ketones (excluding diaryl/α,β-unsaturated/α-hetero) is 1. The van der Waals surface area contributed by atoms with Crippen molar-refractivity contribution >= 4 is 5.78 Å². The van der Waals surface area contributed by atoms with Crippen molar-refractivity contribution in [1.82, 2.24) is 0 Å². The summed E-state index contributed by atoms with van der Waals surface area (Å²) in [4.78, 5) is 12.2. The molecule has 0 unspecified atom stereocenters. The molecule has 22 heavy (non-hydrogen) atoms. The molecule has 0 saturated heterocycles. The highest BCUT2D eigenvalue weighted by Crippen LogP contribution is 2.46. The lowest BCUT2D eigenvalue weighted by Crippen LogP contribution is -2.36. The van der Waals surface area contributed by atoms with E-state index in [9.17, 15) is 30.3 Å². The number of carbonyl (C=O) groups excluding carboxylic acids is 1. The highest BCUT2D eigenvalue weighted by molar-refractivity contribution is 6.04. The van der Waals surface area contributed by atoms with Crippen molar-refractivity contribution in [2.24, 2.45) is 0 Å². The molecule has 1 aliphatic heterocycles. The monoisotopic (exact) mass is 304 g/mol. The first-order valence-corrected chi connectivity index (χ1v) is 6.36. The second-order valence-electron chi connectivity index (χ2n) is 4.87. The number of phenols is 4. The lowest BCUT2D eigenvalue weighted by Gasteiger charge is -2.30. The van der Waals surface area contributed by atoms with Gasteiger partial charge in [0.2, 0.25) is 5.75 Å². The lowest BCUT2D eigenvalue weighted by molar-refractivity contribution is 0.0194. The predicted molar refractivity (Wildman–Crippen MR) is 73.2 cm³/mol. The number of para-hydroxylation sites is 1. The number of ether oxygens (including phenoxy) is 1. The van der Waals surface area contributed by atoms with Crippen LogP contribution in [0.1, 0.15) is 22.0 Å². The lowest BCUT2D eigenvalue weighted by atomic mass is 9.92. The zero-order chi connectivity index (χ0) is 16.0. The van der Waals surface area contributed by atoms with Gasteiger partial charge in [0.15, 0.2) is 41.0 Å². The van der Waals surface area contributed by atoms with E-state index in [1.165, 1.54) is 24.3 Å². The highest BCUT2D eigenvalue weighted by atomic mass is 16.5. The zero-order valence-electron chi connectivity index (χ0n) is 11.1. The molecule has 114 valence electrons. The molecule has 7 heteroatoms. The fourth-order valence-corrected chi connectivity index (χ4v) is 2.37. The number of hydrogen-bond acceptors (Lipinski definition) is 7. The topological polar surface area (TPSA) is 127 Å². The van der Waals surface area contributed by atoms with Crippen LogP contribution in [0.3, 0.4) is 0 Å². The molecule has 2 aromatic rings. The quantitative estimate of drug-likeness (QED) is 0.501. The van der Waals surface area contributed by atoms with Crippen LogP contribution in [-0.2, 0) is 0 Å². The average Bonchev–Trinajstić information content (AvgIpc) is 2.50. The summed E-state index contributed by atoms with van der Waals surface area (Å²) < 4.78 is 5.40. The van der Waals surface area contributed by atoms with E-state index < -0.39 is 41.0 Å². The standard InChI is InChI=1S/C15H12O7/c16-8-3-1-2-6(10(8)18)15-13(21)11(19)7-4-5-9(17)12(20)14(7)22-15/h1-5,13,15-18,20-21H/t13-,15+/m0/s1. The normalized spacial score (nSPS) is 20.3. The molecular formula is C15H12O7. The smallest absolute Gasteiger partial charge is 0.201 e. The van der Waals surface area contributed by atoms with Gasteiger partial charge in [0.25, 0.3) is 0 Å². The molecule has 0 saturated carbocycles. The van der Waals surface area contributed by atoms with Crippen molar-refractivity contribution in [3.8, 4) is 28.7 Å². The molecule has 1 heterocycles. The number of aliphatic hydroxyl groups excluding tert-OH is 1. The molecule has 2 aromatic carbocycles. The van der Waals surface area contributed by atoms with Gasteiger partial charge in [-0.1, -0.05) is 12.1 Å². The summed E-state index contributed by atoms with van der Waals surface area (Å²) in [6.45, 7) is 0. The van der Waals surface area contributed by atoms with Crippen LogP contribution in [0, 0.1) is 0 Å². The Morgan fingerprint density at radius 1 is 0.909 bits per heavy atom. The first kappa shape index (κ1) is 14.0. The maximum atomic E-state index is 12.2. The van der Waals surface area contributed by atoms with Crippen molar-refractivity contribution in [2.75, 3.05) is 0 Å². The minimum Gasteiger partial charge on any atom is -0.504 e. The summed E-state index contributed by atoms with van der Waals surface area (Å²) in [5, 5.41) is 48.8. The third-order valence-corrected chi connectivity index (χ3v) is 3.53. The molecule has 0 aliphatic carbocycles. The summed E-state index contributed by atoms with van der Waals surface area (Å²) >= 11 is 0. The van der Waals surface area contributed by atoms with Gasteiger partial charge in [-0.3, -0.25) is 4.79 Å². The molecule has 7 nitrogen and oxygen atoms in total. The molecule has 1 aliphatic rings. The number of fused-ring (bicyclic) bond motifs is 1. The van der Waals surface area contributed by atoms with Crippen molar-refractivity contribution in [3.63, 3.8) is 0 Å². The van der Waals surface area contributed by atoms with E-state index in [0.717, 1.165) is 6.07 Å². The van der Waals surface area contributed by atoms with Crippen molar-refractivity contribution in [2.45, 2.75) is 12.2 Å². The van der Waals surface area contributed by atoms with E-state index in [4.69, 9.17) is 4.74 Å². The van der Waals surface area contributed by atoms with E-state index in [-0.39, 0.29) is 16.9 Å². The molecule has 3 rings (SSSR count). The second kappa shape index (κ2) is 4.81. The number of rotatable bonds is 1. The number of aromatic hydroxyl groups is 4.